The number of halogens is 2. The summed E-state index contributed by atoms with van der Waals surface area (Å²) in [6.45, 7) is 3.27. The van der Waals surface area contributed by atoms with Gasteiger partial charge in [0.15, 0.2) is 0 Å². The first-order chi connectivity index (χ1) is 12.9. The maximum absolute atomic E-state index is 12.2. The quantitative estimate of drug-likeness (QED) is 0.767. The number of nitrogens with zero attached hydrogens (tertiary/aromatic N) is 3. The maximum Gasteiger partial charge on any atom is 0.268 e. The molecule has 1 saturated heterocycles. The molecule has 6 nitrogen and oxygen atoms in total. The van der Waals surface area contributed by atoms with Crippen LogP contribution >= 0.6 is 23.2 Å². The van der Waals surface area contributed by atoms with Gasteiger partial charge in [-0.15, -0.1) is 0 Å². The maximum atomic E-state index is 12.2. The van der Waals surface area contributed by atoms with E-state index in [0.717, 1.165) is 13.0 Å². The molecule has 0 spiro atoms. The van der Waals surface area contributed by atoms with E-state index in [-0.39, 0.29) is 11.7 Å². The third kappa shape index (κ3) is 3.08. The zero-order chi connectivity index (χ0) is 19.3. The predicted molar refractivity (Wildman–Crippen MR) is 107 cm³/mol. The van der Waals surface area contributed by atoms with Crippen LogP contribution in [-0.2, 0) is 0 Å². The summed E-state index contributed by atoms with van der Waals surface area (Å²) in [4.78, 5) is 23.3. The van der Waals surface area contributed by atoms with E-state index in [1.807, 2.05) is 11.8 Å². The van der Waals surface area contributed by atoms with E-state index < -0.39 is 5.91 Å². The molecule has 4 rings (SSSR count). The molecule has 1 fully saturated rings. The second-order valence-electron chi connectivity index (χ2n) is 6.96. The lowest BCUT2D eigenvalue weighted by Crippen LogP contribution is -2.31. The number of nitrogens with two attached hydrogens (primary N) is 2. The Labute approximate surface area is 167 Å². The SMILES string of the molecule is Cc1nc(N2CC3=CCC(N)C3C2)nc(C(N)=O)c1-c1cccc(Cl)c1Cl. The van der Waals surface area contributed by atoms with Crippen LogP contribution < -0.4 is 16.4 Å². The largest absolute Gasteiger partial charge is 0.364 e. The zero-order valence-corrected chi connectivity index (χ0v) is 16.3. The van der Waals surface area contributed by atoms with Gasteiger partial charge in [-0.25, -0.2) is 9.97 Å². The van der Waals surface area contributed by atoms with Gasteiger partial charge in [0, 0.05) is 36.2 Å². The molecular formula is C19H19Cl2N5O. The Morgan fingerprint density at radius 1 is 1.30 bits per heavy atom. The molecule has 0 saturated carbocycles. The van der Waals surface area contributed by atoms with Crippen molar-refractivity contribution in [2.75, 3.05) is 18.0 Å². The number of primary amides is 1. The van der Waals surface area contributed by atoms with E-state index in [0.29, 0.717) is 45.3 Å². The number of aryl methyl sites for hydroxylation is 1. The molecule has 2 aliphatic rings. The average Bonchev–Trinajstić information content (AvgIpc) is 3.19. The summed E-state index contributed by atoms with van der Waals surface area (Å²) >= 11 is 12.5. The molecule has 1 aromatic heterocycles. The van der Waals surface area contributed by atoms with Crippen molar-refractivity contribution in [3.05, 3.63) is 51.3 Å². The van der Waals surface area contributed by atoms with Crippen LogP contribution in [0, 0.1) is 12.8 Å². The third-order valence-corrected chi connectivity index (χ3v) is 6.07. The minimum Gasteiger partial charge on any atom is -0.364 e. The van der Waals surface area contributed by atoms with Crippen molar-refractivity contribution in [2.45, 2.75) is 19.4 Å². The lowest BCUT2D eigenvalue weighted by Gasteiger charge is -2.20. The molecule has 0 bridgehead atoms. The molecule has 2 aromatic rings. The highest BCUT2D eigenvalue weighted by Crippen LogP contribution is 2.38. The standard InChI is InChI=1S/C19H19Cl2N5O/c1-9-15(11-3-2-4-13(20)16(11)21)17(18(23)27)25-19(24-9)26-7-10-5-6-14(22)12(10)8-26/h2-5,12,14H,6-8,22H2,1H3,(H2,23,27). The Kier molecular flexibility index (Phi) is 4.58. The molecule has 1 aliphatic heterocycles. The van der Waals surface area contributed by atoms with Crippen LogP contribution in [0.3, 0.4) is 0 Å². The molecule has 1 aromatic carbocycles. The summed E-state index contributed by atoms with van der Waals surface area (Å²) in [7, 11) is 0. The highest BCUT2D eigenvalue weighted by Gasteiger charge is 2.36. The van der Waals surface area contributed by atoms with E-state index in [1.54, 1.807) is 18.2 Å². The van der Waals surface area contributed by atoms with E-state index in [1.165, 1.54) is 5.57 Å². The molecular weight excluding hydrogens is 385 g/mol. The smallest absolute Gasteiger partial charge is 0.268 e. The van der Waals surface area contributed by atoms with Gasteiger partial charge in [-0.2, -0.15) is 0 Å². The second-order valence-corrected chi connectivity index (χ2v) is 7.75. The van der Waals surface area contributed by atoms with E-state index in [9.17, 15) is 4.79 Å². The normalized spacial score (nSPS) is 21.3. The fourth-order valence-corrected chi connectivity index (χ4v) is 4.28. The van der Waals surface area contributed by atoms with Crippen molar-refractivity contribution in [1.29, 1.82) is 0 Å². The van der Waals surface area contributed by atoms with Crippen molar-refractivity contribution < 1.29 is 4.79 Å². The van der Waals surface area contributed by atoms with Gasteiger partial charge in [0.2, 0.25) is 5.95 Å². The van der Waals surface area contributed by atoms with Crippen LogP contribution in [0.1, 0.15) is 22.6 Å². The number of anilines is 1. The van der Waals surface area contributed by atoms with Crippen molar-refractivity contribution in [3.63, 3.8) is 0 Å². The van der Waals surface area contributed by atoms with Crippen LogP contribution in [0.4, 0.5) is 5.95 Å². The Balaban J connectivity index is 1.80. The zero-order valence-electron chi connectivity index (χ0n) is 14.7. The van der Waals surface area contributed by atoms with Gasteiger partial charge >= 0.3 is 0 Å². The summed E-state index contributed by atoms with van der Waals surface area (Å²) in [6.07, 6.45) is 3.10. The van der Waals surface area contributed by atoms with Crippen LogP contribution in [0.15, 0.2) is 29.8 Å². The molecule has 8 heteroatoms. The molecule has 27 heavy (non-hydrogen) atoms. The summed E-state index contributed by atoms with van der Waals surface area (Å²) in [6, 6.07) is 5.35. The molecule has 2 unspecified atom stereocenters. The highest BCUT2D eigenvalue weighted by molar-refractivity contribution is 6.43. The van der Waals surface area contributed by atoms with Gasteiger partial charge in [-0.1, -0.05) is 41.4 Å². The molecule has 2 heterocycles. The van der Waals surface area contributed by atoms with Gasteiger partial charge < -0.3 is 16.4 Å². The Bertz CT molecular complexity index is 975. The number of hydrogen-bond acceptors (Lipinski definition) is 5. The fraction of sp³-hybridized carbons (Fsp3) is 0.316. The monoisotopic (exact) mass is 403 g/mol. The van der Waals surface area contributed by atoms with Gasteiger partial charge in [-0.05, 0) is 25.0 Å². The number of aromatic nitrogens is 2. The average molecular weight is 404 g/mol. The summed E-state index contributed by atoms with van der Waals surface area (Å²) in [5.41, 5.74) is 15.0. The topological polar surface area (TPSA) is 98.1 Å². The van der Waals surface area contributed by atoms with Crippen molar-refractivity contribution in [3.8, 4) is 11.1 Å². The number of hydrogen-bond donors (Lipinski definition) is 2. The van der Waals surface area contributed by atoms with Gasteiger partial charge in [-0.3, -0.25) is 4.79 Å². The van der Waals surface area contributed by atoms with Crippen molar-refractivity contribution in [2.24, 2.45) is 17.4 Å². The fourth-order valence-electron chi connectivity index (χ4n) is 3.88. The minimum atomic E-state index is -0.636. The first-order valence-electron chi connectivity index (χ1n) is 8.69. The number of rotatable bonds is 3. The number of carbonyl (C=O) groups excluding carboxylic acids is 1. The van der Waals surface area contributed by atoms with Crippen molar-refractivity contribution >= 4 is 35.1 Å². The number of amides is 1. The van der Waals surface area contributed by atoms with E-state index in [4.69, 9.17) is 34.7 Å². The second kappa shape index (κ2) is 6.78. The van der Waals surface area contributed by atoms with E-state index >= 15 is 0 Å². The Morgan fingerprint density at radius 2 is 2.07 bits per heavy atom. The van der Waals surface area contributed by atoms with Crippen LogP contribution in [0.25, 0.3) is 11.1 Å². The van der Waals surface area contributed by atoms with Crippen LogP contribution in [0.5, 0.6) is 0 Å². The van der Waals surface area contributed by atoms with Crippen LogP contribution in [0.2, 0.25) is 10.0 Å². The molecule has 2 atom stereocenters. The molecule has 0 radical (unpaired) electrons. The van der Waals surface area contributed by atoms with Crippen LogP contribution in [-0.4, -0.2) is 35.0 Å². The summed E-state index contributed by atoms with van der Waals surface area (Å²) in [5.74, 6) is 0.154. The van der Waals surface area contributed by atoms with E-state index in [2.05, 4.69) is 16.0 Å². The van der Waals surface area contributed by atoms with Gasteiger partial charge in [0.1, 0.15) is 5.69 Å². The highest BCUT2D eigenvalue weighted by atomic mass is 35.5. The molecule has 4 N–H and O–H groups in total. The Hall–Kier alpha value is -2.15. The van der Waals surface area contributed by atoms with Gasteiger partial charge in [0.25, 0.3) is 5.91 Å². The lowest BCUT2D eigenvalue weighted by atomic mass is 10.0. The van der Waals surface area contributed by atoms with Gasteiger partial charge in [0.05, 0.1) is 15.7 Å². The van der Waals surface area contributed by atoms with Crippen molar-refractivity contribution in [1.82, 2.24) is 9.97 Å². The number of benzene rings is 1. The summed E-state index contributed by atoms with van der Waals surface area (Å²) < 4.78 is 0. The first kappa shape index (κ1) is 18.2. The minimum absolute atomic E-state index is 0.131. The number of fused-ring (bicyclic) bond motifs is 1. The lowest BCUT2D eigenvalue weighted by molar-refractivity contribution is 0.0996. The molecule has 1 amide bonds. The first-order valence-corrected chi connectivity index (χ1v) is 9.44. The molecule has 140 valence electrons. The predicted octanol–water partition coefficient (Wildman–Crippen LogP) is 2.95. The summed E-state index contributed by atoms with van der Waals surface area (Å²) in [5, 5.41) is 0.731. The third-order valence-electron chi connectivity index (χ3n) is 5.25. The number of carbonyl (C=O) groups is 1. The Morgan fingerprint density at radius 3 is 2.78 bits per heavy atom. The molecule has 1 aliphatic carbocycles.